The molecular weight excluding hydrogens is 214 g/mol. The van der Waals surface area contributed by atoms with Crippen LogP contribution in [-0.4, -0.2) is 16.8 Å². The minimum atomic E-state index is -0.981. The zero-order valence-corrected chi connectivity index (χ0v) is 9.22. The van der Waals surface area contributed by atoms with Crippen molar-refractivity contribution in [3.05, 3.63) is 29.3 Å². The second kappa shape index (κ2) is 3.17. The first-order chi connectivity index (χ1) is 7.34. The molecule has 4 heteroatoms. The van der Waals surface area contributed by atoms with E-state index in [1.807, 2.05) is 13.8 Å². The summed E-state index contributed by atoms with van der Waals surface area (Å²) < 4.78 is 26.3. The van der Waals surface area contributed by atoms with E-state index >= 15 is 0 Å². The summed E-state index contributed by atoms with van der Waals surface area (Å²) in [5.41, 5.74) is -0.808. The number of halogens is 2. The van der Waals surface area contributed by atoms with E-state index in [-0.39, 0.29) is 17.6 Å². The number of hydrogen-bond donors (Lipinski definition) is 2. The van der Waals surface area contributed by atoms with Crippen molar-refractivity contribution in [3.8, 4) is 5.75 Å². The van der Waals surface area contributed by atoms with Crippen LogP contribution in [0.15, 0.2) is 12.1 Å². The molecule has 0 saturated heterocycles. The first kappa shape index (κ1) is 11.3. The van der Waals surface area contributed by atoms with Gasteiger partial charge in [0.05, 0.1) is 6.61 Å². The van der Waals surface area contributed by atoms with Gasteiger partial charge in [-0.15, -0.1) is 0 Å². The average Bonchev–Trinajstić information content (AvgIpc) is 2.76. The molecule has 2 rings (SSSR count). The van der Waals surface area contributed by atoms with Gasteiger partial charge in [-0.25, -0.2) is 8.78 Å². The van der Waals surface area contributed by atoms with Crippen LogP contribution in [-0.2, 0) is 5.41 Å². The smallest absolute Gasteiger partial charge is 0.168 e. The Labute approximate surface area is 92.5 Å². The second-order valence-electron chi connectivity index (χ2n) is 5.08. The SMILES string of the molecule is CC1(C)CC1(CO)c1cc(F)cc(F)c1O. The predicted octanol–water partition coefficient (Wildman–Crippen LogP) is 2.33. The molecule has 16 heavy (non-hydrogen) atoms. The summed E-state index contributed by atoms with van der Waals surface area (Å²) in [6.07, 6.45) is 0.604. The van der Waals surface area contributed by atoms with Gasteiger partial charge in [0.15, 0.2) is 11.6 Å². The van der Waals surface area contributed by atoms with Gasteiger partial charge in [0.25, 0.3) is 0 Å². The lowest BCUT2D eigenvalue weighted by molar-refractivity contribution is 0.227. The second-order valence-corrected chi connectivity index (χ2v) is 5.08. The zero-order valence-electron chi connectivity index (χ0n) is 9.22. The Bertz CT molecular complexity index is 443. The van der Waals surface area contributed by atoms with Crippen LogP contribution in [0, 0.1) is 17.0 Å². The number of aliphatic hydroxyl groups is 1. The van der Waals surface area contributed by atoms with Crippen LogP contribution < -0.4 is 0 Å². The van der Waals surface area contributed by atoms with E-state index in [4.69, 9.17) is 0 Å². The zero-order chi connectivity index (χ0) is 12.1. The van der Waals surface area contributed by atoms with E-state index in [0.29, 0.717) is 12.5 Å². The molecule has 0 heterocycles. The van der Waals surface area contributed by atoms with Crippen molar-refractivity contribution >= 4 is 0 Å². The number of hydrogen-bond acceptors (Lipinski definition) is 2. The molecule has 1 aromatic rings. The third-order valence-corrected chi connectivity index (χ3v) is 3.73. The van der Waals surface area contributed by atoms with Crippen molar-refractivity contribution < 1.29 is 19.0 Å². The third kappa shape index (κ3) is 1.33. The van der Waals surface area contributed by atoms with Crippen molar-refractivity contribution in [3.63, 3.8) is 0 Å². The first-order valence-electron chi connectivity index (χ1n) is 5.13. The highest BCUT2D eigenvalue weighted by molar-refractivity contribution is 5.47. The molecule has 1 unspecified atom stereocenters. The number of benzene rings is 1. The van der Waals surface area contributed by atoms with E-state index in [2.05, 4.69) is 0 Å². The molecule has 1 aromatic carbocycles. The van der Waals surface area contributed by atoms with Crippen LogP contribution in [0.3, 0.4) is 0 Å². The van der Waals surface area contributed by atoms with Gasteiger partial charge in [0.2, 0.25) is 0 Å². The molecule has 2 nitrogen and oxygen atoms in total. The predicted molar refractivity (Wildman–Crippen MR) is 55.2 cm³/mol. The van der Waals surface area contributed by atoms with Gasteiger partial charge in [0.1, 0.15) is 5.82 Å². The highest BCUT2D eigenvalue weighted by Crippen LogP contribution is 2.65. The van der Waals surface area contributed by atoms with E-state index in [0.717, 1.165) is 6.07 Å². The minimum absolute atomic E-state index is 0.164. The minimum Gasteiger partial charge on any atom is -0.505 e. The van der Waals surface area contributed by atoms with Crippen molar-refractivity contribution in [1.29, 1.82) is 0 Å². The van der Waals surface area contributed by atoms with Gasteiger partial charge in [-0.05, 0) is 17.9 Å². The Morgan fingerprint density at radius 3 is 2.31 bits per heavy atom. The monoisotopic (exact) mass is 228 g/mol. The first-order valence-corrected chi connectivity index (χ1v) is 5.13. The van der Waals surface area contributed by atoms with Gasteiger partial charge < -0.3 is 10.2 Å². The summed E-state index contributed by atoms with van der Waals surface area (Å²) in [7, 11) is 0. The molecule has 2 N–H and O–H groups in total. The Balaban J connectivity index is 2.57. The Morgan fingerprint density at radius 1 is 1.31 bits per heavy atom. The molecule has 1 atom stereocenters. The molecular formula is C12H14F2O2. The number of aliphatic hydroxyl groups excluding tert-OH is 1. The molecule has 1 aliphatic carbocycles. The van der Waals surface area contributed by atoms with E-state index < -0.39 is 22.8 Å². The molecule has 0 spiro atoms. The summed E-state index contributed by atoms with van der Waals surface area (Å²) >= 11 is 0. The van der Waals surface area contributed by atoms with Crippen LogP contribution in [0.1, 0.15) is 25.8 Å². The lowest BCUT2D eigenvalue weighted by Gasteiger charge is -2.19. The molecule has 88 valence electrons. The largest absolute Gasteiger partial charge is 0.505 e. The Morgan fingerprint density at radius 2 is 1.88 bits per heavy atom. The van der Waals surface area contributed by atoms with E-state index in [1.54, 1.807) is 0 Å². The van der Waals surface area contributed by atoms with Gasteiger partial charge in [-0.3, -0.25) is 0 Å². The Hall–Kier alpha value is -1.16. The van der Waals surface area contributed by atoms with Crippen molar-refractivity contribution in [1.82, 2.24) is 0 Å². The fourth-order valence-corrected chi connectivity index (χ4v) is 2.46. The van der Waals surface area contributed by atoms with Gasteiger partial charge in [-0.2, -0.15) is 0 Å². The molecule has 0 aliphatic heterocycles. The molecule has 0 radical (unpaired) electrons. The fourth-order valence-electron chi connectivity index (χ4n) is 2.46. The van der Waals surface area contributed by atoms with E-state index in [1.165, 1.54) is 0 Å². The fraction of sp³-hybridized carbons (Fsp3) is 0.500. The number of aromatic hydroxyl groups is 1. The summed E-state index contributed by atoms with van der Waals surface area (Å²) in [5, 5.41) is 19.0. The Kier molecular flexibility index (Phi) is 2.24. The highest BCUT2D eigenvalue weighted by Gasteiger charge is 2.62. The number of phenolic OH excluding ortho intramolecular Hbond substituents is 1. The third-order valence-electron chi connectivity index (χ3n) is 3.73. The highest BCUT2D eigenvalue weighted by atomic mass is 19.1. The quantitative estimate of drug-likeness (QED) is 0.815. The maximum absolute atomic E-state index is 13.2. The van der Waals surface area contributed by atoms with Crippen LogP contribution in [0.25, 0.3) is 0 Å². The molecule has 0 amide bonds. The number of phenols is 1. The summed E-state index contributed by atoms with van der Waals surface area (Å²) in [4.78, 5) is 0. The standard InChI is InChI=1S/C12H14F2O2/c1-11(2)5-12(11,6-15)8-3-7(13)4-9(14)10(8)16/h3-4,15-16H,5-6H2,1-2H3. The maximum atomic E-state index is 13.2. The van der Waals surface area contributed by atoms with E-state index in [9.17, 15) is 19.0 Å². The van der Waals surface area contributed by atoms with Crippen molar-refractivity contribution in [2.24, 2.45) is 5.41 Å². The molecule has 0 aromatic heterocycles. The van der Waals surface area contributed by atoms with Crippen LogP contribution in [0.4, 0.5) is 8.78 Å². The molecule has 1 fully saturated rings. The van der Waals surface area contributed by atoms with Crippen LogP contribution >= 0.6 is 0 Å². The maximum Gasteiger partial charge on any atom is 0.168 e. The van der Waals surface area contributed by atoms with Crippen LogP contribution in [0.5, 0.6) is 5.75 Å². The van der Waals surface area contributed by atoms with Gasteiger partial charge in [-0.1, -0.05) is 13.8 Å². The lowest BCUT2D eigenvalue weighted by Crippen LogP contribution is -2.20. The van der Waals surface area contributed by atoms with Crippen molar-refractivity contribution in [2.45, 2.75) is 25.7 Å². The normalized spacial score (nSPS) is 26.8. The molecule has 1 aliphatic rings. The van der Waals surface area contributed by atoms with Gasteiger partial charge >= 0.3 is 0 Å². The topological polar surface area (TPSA) is 40.5 Å². The van der Waals surface area contributed by atoms with Crippen molar-refractivity contribution in [2.75, 3.05) is 6.61 Å². The summed E-state index contributed by atoms with van der Waals surface area (Å²) in [6.45, 7) is 3.56. The molecule has 0 bridgehead atoms. The molecule has 1 saturated carbocycles. The summed E-state index contributed by atoms with van der Waals surface area (Å²) in [5.74, 6) is -2.27. The summed E-state index contributed by atoms with van der Waals surface area (Å²) in [6, 6.07) is 1.74. The number of rotatable bonds is 2. The lowest BCUT2D eigenvalue weighted by atomic mass is 9.88. The van der Waals surface area contributed by atoms with Crippen LogP contribution in [0.2, 0.25) is 0 Å². The van der Waals surface area contributed by atoms with Gasteiger partial charge in [0, 0.05) is 17.0 Å². The average molecular weight is 228 g/mol.